The summed E-state index contributed by atoms with van der Waals surface area (Å²) in [6.07, 6.45) is 2.40. The van der Waals surface area contributed by atoms with Crippen molar-refractivity contribution in [3.63, 3.8) is 0 Å². The highest BCUT2D eigenvalue weighted by molar-refractivity contribution is 8.00. The first-order valence-corrected chi connectivity index (χ1v) is 5.80. The third kappa shape index (κ3) is 2.18. The van der Waals surface area contributed by atoms with Crippen LogP contribution in [-0.4, -0.2) is 22.0 Å². The zero-order valence-electron chi connectivity index (χ0n) is 8.03. The summed E-state index contributed by atoms with van der Waals surface area (Å²) in [5, 5.41) is 3.93. The van der Waals surface area contributed by atoms with Gasteiger partial charge in [-0.3, -0.25) is 0 Å². The van der Waals surface area contributed by atoms with E-state index in [1.165, 1.54) is 18.0 Å². The molecule has 2 heterocycles. The van der Waals surface area contributed by atoms with Gasteiger partial charge in [-0.1, -0.05) is 6.92 Å². The Balaban J connectivity index is 2.00. The molecule has 1 aromatic heterocycles. The van der Waals surface area contributed by atoms with E-state index < -0.39 is 0 Å². The van der Waals surface area contributed by atoms with E-state index in [4.69, 9.17) is 0 Å². The summed E-state index contributed by atoms with van der Waals surface area (Å²) < 4.78 is 12.6. The second-order valence-corrected chi connectivity index (χ2v) is 4.96. The molecule has 0 spiro atoms. The third-order valence-electron chi connectivity index (χ3n) is 2.44. The van der Waals surface area contributed by atoms with Gasteiger partial charge >= 0.3 is 0 Å². The van der Waals surface area contributed by atoms with Crippen LogP contribution in [0, 0.1) is 5.82 Å². The first-order valence-electron chi connectivity index (χ1n) is 4.75. The van der Waals surface area contributed by atoms with E-state index >= 15 is 0 Å². The zero-order chi connectivity index (χ0) is 9.97. The number of rotatable bonds is 2. The molecule has 1 fully saturated rings. The quantitative estimate of drug-likeness (QED) is 0.815. The monoisotopic (exact) mass is 212 g/mol. The molecule has 2 rings (SSSR count). The molecule has 2 unspecified atom stereocenters. The Kier molecular flexibility index (Phi) is 2.91. The minimum atomic E-state index is -0.288. The van der Waals surface area contributed by atoms with E-state index in [2.05, 4.69) is 17.2 Å². The summed E-state index contributed by atoms with van der Waals surface area (Å²) in [7, 11) is 0. The van der Waals surface area contributed by atoms with Crippen molar-refractivity contribution in [1.82, 2.24) is 4.98 Å². The molecule has 1 aliphatic heterocycles. The van der Waals surface area contributed by atoms with Gasteiger partial charge < -0.3 is 5.32 Å². The number of hydrogen-bond donors (Lipinski definition) is 1. The highest BCUT2D eigenvalue weighted by Crippen LogP contribution is 2.28. The lowest BCUT2D eigenvalue weighted by atomic mass is 10.2. The average molecular weight is 212 g/mol. The van der Waals surface area contributed by atoms with Gasteiger partial charge in [0.15, 0.2) is 0 Å². The van der Waals surface area contributed by atoms with Gasteiger partial charge in [-0.25, -0.2) is 9.37 Å². The maximum Gasteiger partial charge on any atom is 0.141 e. The Hall–Kier alpha value is -0.770. The molecule has 4 heteroatoms. The zero-order valence-corrected chi connectivity index (χ0v) is 8.85. The van der Waals surface area contributed by atoms with Crippen molar-refractivity contribution in [2.24, 2.45) is 0 Å². The lowest BCUT2D eigenvalue weighted by Crippen LogP contribution is -2.25. The summed E-state index contributed by atoms with van der Waals surface area (Å²) in [5.41, 5.74) is 0. The Morgan fingerprint density at radius 3 is 3.00 bits per heavy atom. The van der Waals surface area contributed by atoms with Crippen LogP contribution in [0.4, 0.5) is 10.2 Å². The van der Waals surface area contributed by atoms with Crippen molar-refractivity contribution in [2.75, 3.05) is 11.1 Å². The topological polar surface area (TPSA) is 24.9 Å². The molecule has 76 valence electrons. The number of pyridine rings is 1. The van der Waals surface area contributed by atoms with Crippen LogP contribution in [-0.2, 0) is 0 Å². The molecule has 0 saturated carbocycles. The molecule has 0 amide bonds. The van der Waals surface area contributed by atoms with Crippen molar-refractivity contribution < 1.29 is 4.39 Å². The average Bonchev–Trinajstić information content (AvgIpc) is 2.56. The minimum absolute atomic E-state index is 0.288. The van der Waals surface area contributed by atoms with Crippen LogP contribution in [0.1, 0.15) is 13.3 Å². The van der Waals surface area contributed by atoms with E-state index in [1.807, 2.05) is 11.8 Å². The Morgan fingerprint density at radius 1 is 1.57 bits per heavy atom. The molecular formula is C10H13FN2S. The van der Waals surface area contributed by atoms with Crippen molar-refractivity contribution in [1.29, 1.82) is 0 Å². The van der Waals surface area contributed by atoms with Crippen molar-refractivity contribution in [3.8, 4) is 0 Å². The van der Waals surface area contributed by atoms with Gasteiger partial charge in [-0.15, -0.1) is 0 Å². The Labute approximate surface area is 87.3 Å². The molecule has 0 aromatic carbocycles. The second-order valence-electron chi connectivity index (χ2n) is 3.48. The van der Waals surface area contributed by atoms with Crippen LogP contribution < -0.4 is 5.32 Å². The van der Waals surface area contributed by atoms with E-state index in [9.17, 15) is 4.39 Å². The van der Waals surface area contributed by atoms with Gasteiger partial charge in [0.1, 0.15) is 11.6 Å². The smallest absolute Gasteiger partial charge is 0.141 e. The van der Waals surface area contributed by atoms with Gasteiger partial charge in [0.2, 0.25) is 0 Å². The van der Waals surface area contributed by atoms with Crippen LogP contribution in [0.5, 0.6) is 0 Å². The molecule has 1 aromatic rings. The molecule has 0 bridgehead atoms. The highest BCUT2D eigenvalue weighted by atomic mass is 32.2. The third-order valence-corrected chi connectivity index (χ3v) is 3.76. The number of halogens is 1. The van der Waals surface area contributed by atoms with E-state index in [-0.39, 0.29) is 5.82 Å². The molecule has 2 nitrogen and oxygen atoms in total. The summed E-state index contributed by atoms with van der Waals surface area (Å²) in [6, 6.07) is 3.59. The standard InChI is InChI=1S/C10H13FN2S/c1-7-9(4-5-14-7)13-10-3-2-8(11)6-12-10/h2-3,6-7,9H,4-5H2,1H3,(H,12,13). The molecule has 0 aliphatic carbocycles. The van der Waals surface area contributed by atoms with Crippen LogP contribution in [0.25, 0.3) is 0 Å². The lowest BCUT2D eigenvalue weighted by Gasteiger charge is -2.16. The largest absolute Gasteiger partial charge is 0.366 e. The first-order chi connectivity index (χ1) is 6.75. The summed E-state index contributed by atoms with van der Waals surface area (Å²) >= 11 is 1.96. The van der Waals surface area contributed by atoms with Crippen molar-refractivity contribution >= 4 is 17.6 Å². The molecule has 1 aliphatic rings. The second kappa shape index (κ2) is 4.17. The first kappa shape index (κ1) is 9.77. The van der Waals surface area contributed by atoms with Gasteiger partial charge in [0.05, 0.1) is 6.20 Å². The van der Waals surface area contributed by atoms with Crippen molar-refractivity contribution in [2.45, 2.75) is 24.6 Å². The predicted molar refractivity (Wildman–Crippen MR) is 58.1 cm³/mol. The van der Waals surface area contributed by atoms with Gasteiger partial charge in [-0.2, -0.15) is 11.8 Å². The van der Waals surface area contributed by atoms with Gasteiger partial charge in [0.25, 0.3) is 0 Å². The van der Waals surface area contributed by atoms with E-state index in [0.717, 1.165) is 12.2 Å². The molecule has 14 heavy (non-hydrogen) atoms. The van der Waals surface area contributed by atoms with Crippen LogP contribution in [0.2, 0.25) is 0 Å². The SMILES string of the molecule is CC1SCCC1Nc1ccc(F)cn1. The van der Waals surface area contributed by atoms with Gasteiger partial charge in [-0.05, 0) is 24.3 Å². The van der Waals surface area contributed by atoms with E-state index in [1.54, 1.807) is 6.07 Å². The Morgan fingerprint density at radius 2 is 2.43 bits per heavy atom. The molecule has 1 saturated heterocycles. The Bertz CT molecular complexity index is 301. The minimum Gasteiger partial charge on any atom is -0.366 e. The van der Waals surface area contributed by atoms with Crippen LogP contribution >= 0.6 is 11.8 Å². The molecular weight excluding hydrogens is 199 g/mol. The number of nitrogens with one attached hydrogen (secondary N) is 1. The maximum absolute atomic E-state index is 12.6. The molecule has 2 atom stereocenters. The summed E-state index contributed by atoms with van der Waals surface area (Å²) in [4.78, 5) is 3.98. The number of hydrogen-bond acceptors (Lipinski definition) is 3. The van der Waals surface area contributed by atoms with E-state index in [0.29, 0.717) is 11.3 Å². The van der Waals surface area contributed by atoms with Crippen LogP contribution in [0.15, 0.2) is 18.3 Å². The van der Waals surface area contributed by atoms with Gasteiger partial charge in [0, 0.05) is 11.3 Å². The fourth-order valence-electron chi connectivity index (χ4n) is 1.57. The van der Waals surface area contributed by atoms with Crippen LogP contribution in [0.3, 0.4) is 0 Å². The fraction of sp³-hybridized carbons (Fsp3) is 0.500. The predicted octanol–water partition coefficient (Wildman–Crippen LogP) is 2.53. The highest BCUT2D eigenvalue weighted by Gasteiger charge is 2.23. The molecule has 1 N–H and O–H groups in total. The number of nitrogens with zero attached hydrogens (tertiary/aromatic N) is 1. The summed E-state index contributed by atoms with van der Waals surface area (Å²) in [6.45, 7) is 2.21. The number of aromatic nitrogens is 1. The number of thioether (sulfide) groups is 1. The van der Waals surface area contributed by atoms with Crippen molar-refractivity contribution in [3.05, 3.63) is 24.1 Å². The lowest BCUT2D eigenvalue weighted by molar-refractivity contribution is 0.621. The fourth-order valence-corrected chi connectivity index (χ4v) is 2.77. The maximum atomic E-state index is 12.6. The molecule has 0 radical (unpaired) electrons. The summed E-state index contributed by atoms with van der Waals surface area (Å²) in [5.74, 6) is 1.68. The normalized spacial score (nSPS) is 26.4. The number of anilines is 1.